The molecule has 1 saturated heterocycles. The third-order valence-electron chi connectivity index (χ3n) is 5.12. The number of carbonyl (C=O) groups excluding carboxylic acids is 1. The fourth-order valence-electron chi connectivity index (χ4n) is 4.01. The molecule has 2 heterocycles. The number of ether oxygens (including phenoxy) is 1. The van der Waals surface area contributed by atoms with E-state index in [0.717, 1.165) is 42.2 Å². The second-order valence-electron chi connectivity index (χ2n) is 6.44. The van der Waals surface area contributed by atoms with Crippen LogP contribution in [0, 0.1) is 5.92 Å². The third-order valence-corrected chi connectivity index (χ3v) is 5.12. The van der Waals surface area contributed by atoms with Crippen LogP contribution in [0.3, 0.4) is 0 Å². The number of carbonyl (C=O) groups is 1. The first-order valence-corrected chi connectivity index (χ1v) is 7.92. The van der Waals surface area contributed by atoms with Gasteiger partial charge < -0.3 is 9.15 Å². The topological polar surface area (TPSA) is 39.4 Å². The number of ketones is 1. The lowest BCUT2D eigenvalue weighted by Gasteiger charge is -2.37. The monoisotopic (exact) mass is 284 g/mol. The molecule has 0 amide bonds. The average Bonchev–Trinajstić information content (AvgIpc) is 3.14. The van der Waals surface area contributed by atoms with Gasteiger partial charge in [0.1, 0.15) is 11.8 Å². The summed E-state index contributed by atoms with van der Waals surface area (Å²) in [6.45, 7) is 0.714. The van der Waals surface area contributed by atoms with Crippen molar-refractivity contribution in [1.82, 2.24) is 0 Å². The molecular formula is C18H20O3. The number of furan rings is 1. The van der Waals surface area contributed by atoms with Gasteiger partial charge in [-0.15, -0.1) is 0 Å². The second-order valence-corrected chi connectivity index (χ2v) is 6.44. The molecular weight excluding hydrogens is 264 g/mol. The van der Waals surface area contributed by atoms with Crippen LogP contribution in [0.15, 0.2) is 34.9 Å². The number of rotatable bonds is 2. The molecule has 1 atom stereocenters. The van der Waals surface area contributed by atoms with Gasteiger partial charge >= 0.3 is 0 Å². The summed E-state index contributed by atoms with van der Waals surface area (Å²) in [6.07, 6.45) is 8.03. The van der Waals surface area contributed by atoms with Gasteiger partial charge in [-0.25, -0.2) is 0 Å². The molecule has 1 spiro atoms. The smallest absolute Gasteiger partial charge is 0.169 e. The fourth-order valence-corrected chi connectivity index (χ4v) is 4.01. The van der Waals surface area contributed by atoms with Gasteiger partial charge in [0.2, 0.25) is 0 Å². The zero-order valence-corrected chi connectivity index (χ0v) is 12.1. The number of hydrogen-bond acceptors (Lipinski definition) is 3. The molecule has 2 aromatic rings. The number of fused-ring (bicyclic) bond motifs is 1. The Bertz CT molecular complexity index is 664. The van der Waals surface area contributed by atoms with Gasteiger partial charge in [-0.1, -0.05) is 31.0 Å². The highest BCUT2D eigenvalue weighted by molar-refractivity contribution is 6.08. The summed E-state index contributed by atoms with van der Waals surface area (Å²) in [5.41, 5.74) is 1.52. The highest BCUT2D eigenvalue weighted by Gasteiger charge is 2.42. The molecule has 0 bridgehead atoms. The minimum Gasteiger partial charge on any atom is -0.464 e. The first kappa shape index (κ1) is 13.1. The van der Waals surface area contributed by atoms with E-state index < -0.39 is 0 Å². The van der Waals surface area contributed by atoms with Crippen molar-refractivity contribution in [3.63, 3.8) is 0 Å². The van der Waals surface area contributed by atoms with Gasteiger partial charge in [-0.2, -0.15) is 0 Å². The maximum atomic E-state index is 12.9. The van der Waals surface area contributed by atoms with Crippen LogP contribution in [0.2, 0.25) is 0 Å². The van der Waals surface area contributed by atoms with Crippen molar-refractivity contribution in [3.05, 3.63) is 36.1 Å². The molecule has 1 saturated carbocycles. The van der Waals surface area contributed by atoms with Crippen LogP contribution in [-0.4, -0.2) is 18.0 Å². The van der Waals surface area contributed by atoms with Crippen LogP contribution >= 0.6 is 0 Å². The Kier molecular flexibility index (Phi) is 3.11. The van der Waals surface area contributed by atoms with E-state index in [1.807, 2.05) is 24.3 Å². The van der Waals surface area contributed by atoms with Crippen LogP contribution in [-0.2, 0) is 4.74 Å². The van der Waals surface area contributed by atoms with E-state index in [4.69, 9.17) is 9.15 Å². The standard InChI is InChI=1S/C18H20O3/c19-17(15-12-20-16-6-2-1-5-14(15)16)13-7-10-21-18(11-13)8-3-4-9-18/h1-2,5-6,12-13H,3-4,7-11H2. The molecule has 1 aliphatic heterocycles. The summed E-state index contributed by atoms with van der Waals surface area (Å²) < 4.78 is 11.6. The number of para-hydroxylation sites is 1. The number of Topliss-reactive ketones (excluding diaryl/α,β-unsaturated/α-hetero) is 1. The average molecular weight is 284 g/mol. The Labute approximate surface area is 124 Å². The van der Waals surface area contributed by atoms with E-state index in [0.29, 0.717) is 6.61 Å². The normalized spacial score (nSPS) is 24.7. The fraction of sp³-hybridized carbons (Fsp3) is 0.500. The first-order valence-electron chi connectivity index (χ1n) is 7.92. The SMILES string of the molecule is O=C(c1coc2ccccc12)C1CCOC2(CCCC2)C1. The lowest BCUT2D eigenvalue weighted by atomic mass is 9.80. The molecule has 21 heavy (non-hydrogen) atoms. The zero-order valence-electron chi connectivity index (χ0n) is 12.1. The molecule has 2 fully saturated rings. The van der Waals surface area contributed by atoms with Crippen molar-refractivity contribution >= 4 is 16.8 Å². The minimum absolute atomic E-state index is 0.0158. The Morgan fingerprint density at radius 3 is 2.86 bits per heavy atom. The van der Waals surface area contributed by atoms with E-state index in [1.165, 1.54) is 12.8 Å². The van der Waals surface area contributed by atoms with Gasteiger partial charge in [-0.3, -0.25) is 4.79 Å². The van der Waals surface area contributed by atoms with Crippen LogP contribution in [0.4, 0.5) is 0 Å². The summed E-state index contributed by atoms with van der Waals surface area (Å²) in [5.74, 6) is 0.312. The summed E-state index contributed by atoms with van der Waals surface area (Å²) in [7, 11) is 0. The quantitative estimate of drug-likeness (QED) is 0.769. The van der Waals surface area contributed by atoms with E-state index in [2.05, 4.69) is 0 Å². The highest BCUT2D eigenvalue weighted by Crippen LogP contribution is 2.43. The molecule has 1 unspecified atom stereocenters. The van der Waals surface area contributed by atoms with Crippen LogP contribution in [0.1, 0.15) is 48.9 Å². The van der Waals surface area contributed by atoms with Gasteiger partial charge in [0.15, 0.2) is 5.78 Å². The lowest BCUT2D eigenvalue weighted by Crippen LogP contribution is -2.39. The predicted molar refractivity (Wildman–Crippen MR) is 80.4 cm³/mol. The van der Waals surface area contributed by atoms with Crippen molar-refractivity contribution < 1.29 is 13.9 Å². The van der Waals surface area contributed by atoms with Crippen LogP contribution in [0.25, 0.3) is 11.0 Å². The third kappa shape index (κ3) is 2.20. The summed E-state index contributed by atoms with van der Waals surface area (Å²) in [4.78, 5) is 12.9. The summed E-state index contributed by atoms with van der Waals surface area (Å²) in [6, 6.07) is 7.77. The van der Waals surface area contributed by atoms with Crippen molar-refractivity contribution in [3.8, 4) is 0 Å². The molecule has 1 aromatic heterocycles. The van der Waals surface area contributed by atoms with Gasteiger partial charge in [0.05, 0.1) is 11.2 Å². The Hall–Kier alpha value is -1.61. The molecule has 4 rings (SSSR count). The molecule has 3 nitrogen and oxygen atoms in total. The van der Waals surface area contributed by atoms with Crippen molar-refractivity contribution in [1.29, 1.82) is 0 Å². The minimum atomic E-state index is -0.0158. The van der Waals surface area contributed by atoms with Gasteiger partial charge in [0, 0.05) is 17.9 Å². The van der Waals surface area contributed by atoms with Crippen LogP contribution < -0.4 is 0 Å². The number of hydrogen-bond donors (Lipinski definition) is 0. The van der Waals surface area contributed by atoms with Crippen LogP contribution in [0.5, 0.6) is 0 Å². The molecule has 1 aliphatic carbocycles. The van der Waals surface area contributed by atoms with Gasteiger partial charge in [-0.05, 0) is 31.7 Å². The summed E-state index contributed by atoms with van der Waals surface area (Å²) >= 11 is 0. The van der Waals surface area contributed by atoms with E-state index >= 15 is 0 Å². The van der Waals surface area contributed by atoms with E-state index in [1.54, 1.807) is 6.26 Å². The largest absolute Gasteiger partial charge is 0.464 e. The maximum absolute atomic E-state index is 12.9. The lowest BCUT2D eigenvalue weighted by molar-refractivity contribution is -0.0866. The Morgan fingerprint density at radius 2 is 2.00 bits per heavy atom. The zero-order chi connectivity index (χ0) is 14.3. The molecule has 0 N–H and O–H groups in total. The van der Waals surface area contributed by atoms with Crippen molar-refractivity contribution in [2.45, 2.75) is 44.1 Å². The van der Waals surface area contributed by atoms with Crippen molar-refractivity contribution in [2.24, 2.45) is 5.92 Å². The molecule has 110 valence electrons. The van der Waals surface area contributed by atoms with Gasteiger partial charge in [0.25, 0.3) is 0 Å². The number of benzene rings is 1. The molecule has 0 radical (unpaired) electrons. The van der Waals surface area contributed by atoms with E-state index in [9.17, 15) is 4.79 Å². The predicted octanol–water partition coefficient (Wildman–Crippen LogP) is 4.35. The molecule has 1 aromatic carbocycles. The maximum Gasteiger partial charge on any atom is 0.169 e. The Balaban J connectivity index is 1.62. The van der Waals surface area contributed by atoms with E-state index in [-0.39, 0.29) is 17.3 Å². The summed E-state index contributed by atoms with van der Waals surface area (Å²) in [5, 5.41) is 0.939. The second kappa shape index (κ2) is 4.99. The Morgan fingerprint density at radius 1 is 1.19 bits per heavy atom. The molecule has 3 heteroatoms. The molecule has 2 aliphatic rings. The van der Waals surface area contributed by atoms with Crippen molar-refractivity contribution in [2.75, 3.05) is 6.61 Å². The first-order chi connectivity index (χ1) is 10.3. The highest BCUT2D eigenvalue weighted by atomic mass is 16.5.